The fraction of sp³-hybridized carbons (Fsp3) is 0.214. The normalized spacial score (nSPS) is 11.2. The van der Waals surface area contributed by atoms with Crippen LogP contribution in [0.1, 0.15) is 25.3 Å². The molecular formula is C14H14N4OS. The van der Waals surface area contributed by atoms with Gasteiger partial charge < -0.3 is 10.3 Å². The van der Waals surface area contributed by atoms with E-state index in [1.54, 1.807) is 5.38 Å². The highest BCUT2D eigenvalue weighted by atomic mass is 32.1. The fourth-order valence-electron chi connectivity index (χ4n) is 1.85. The number of benzene rings is 1. The summed E-state index contributed by atoms with van der Waals surface area (Å²) in [5.41, 5.74) is 8.42. The first kappa shape index (κ1) is 12.8. The van der Waals surface area contributed by atoms with E-state index in [1.165, 1.54) is 16.9 Å². The highest BCUT2D eigenvalue weighted by Crippen LogP contribution is 2.25. The third-order valence-electron chi connectivity index (χ3n) is 3.00. The molecule has 0 aliphatic heterocycles. The Morgan fingerprint density at radius 2 is 1.90 bits per heavy atom. The molecule has 0 bridgehead atoms. The second-order valence-electron chi connectivity index (χ2n) is 4.77. The smallest absolute Gasteiger partial charge is 0.277 e. The van der Waals surface area contributed by atoms with Crippen molar-refractivity contribution in [2.75, 3.05) is 5.73 Å². The van der Waals surface area contributed by atoms with Crippen LogP contribution in [0.2, 0.25) is 0 Å². The fourth-order valence-corrected chi connectivity index (χ4v) is 2.38. The summed E-state index contributed by atoms with van der Waals surface area (Å²) >= 11 is 1.35. The molecule has 5 nitrogen and oxygen atoms in total. The summed E-state index contributed by atoms with van der Waals surface area (Å²) in [6.45, 7) is 4.32. The lowest BCUT2D eigenvalue weighted by atomic mass is 10.0. The Morgan fingerprint density at radius 1 is 1.15 bits per heavy atom. The third kappa shape index (κ3) is 2.42. The highest BCUT2D eigenvalue weighted by molar-refractivity contribution is 7.13. The van der Waals surface area contributed by atoms with E-state index in [2.05, 4.69) is 41.1 Å². The number of nitrogen functional groups attached to an aromatic ring is 1. The number of nitrogens with two attached hydrogens (primary N) is 1. The number of anilines is 1. The van der Waals surface area contributed by atoms with E-state index in [0.717, 1.165) is 5.56 Å². The first-order chi connectivity index (χ1) is 9.63. The van der Waals surface area contributed by atoms with E-state index in [9.17, 15) is 0 Å². The summed E-state index contributed by atoms with van der Waals surface area (Å²) in [6, 6.07) is 8.16. The van der Waals surface area contributed by atoms with Gasteiger partial charge in [0.1, 0.15) is 5.69 Å². The summed E-state index contributed by atoms with van der Waals surface area (Å²) in [6.07, 6.45) is 0. The van der Waals surface area contributed by atoms with Gasteiger partial charge in [0.25, 0.3) is 5.89 Å². The largest absolute Gasteiger partial charge is 0.375 e. The molecule has 0 saturated carbocycles. The minimum Gasteiger partial charge on any atom is -0.375 e. The van der Waals surface area contributed by atoms with Crippen LogP contribution in [0.5, 0.6) is 0 Å². The van der Waals surface area contributed by atoms with Crippen molar-refractivity contribution in [1.29, 1.82) is 0 Å². The molecule has 0 aliphatic rings. The summed E-state index contributed by atoms with van der Waals surface area (Å²) in [7, 11) is 0. The predicted molar refractivity (Wildman–Crippen MR) is 79.3 cm³/mol. The van der Waals surface area contributed by atoms with Gasteiger partial charge in [0.05, 0.1) is 0 Å². The maximum Gasteiger partial charge on any atom is 0.277 e. The van der Waals surface area contributed by atoms with Gasteiger partial charge in [-0.2, -0.15) is 4.98 Å². The monoisotopic (exact) mass is 286 g/mol. The van der Waals surface area contributed by atoms with Crippen molar-refractivity contribution in [3.05, 3.63) is 35.2 Å². The molecule has 20 heavy (non-hydrogen) atoms. The second-order valence-corrected chi connectivity index (χ2v) is 5.66. The topological polar surface area (TPSA) is 77.8 Å². The zero-order chi connectivity index (χ0) is 14.1. The number of nitrogens with zero attached hydrogens (tertiary/aromatic N) is 3. The van der Waals surface area contributed by atoms with Crippen LogP contribution < -0.4 is 5.73 Å². The van der Waals surface area contributed by atoms with Crippen LogP contribution in [0.4, 0.5) is 5.13 Å². The summed E-state index contributed by atoms with van der Waals surface area (Å²) in [5.74, 6) is 1.45. The molecule has 0 unspecified atom stereocenters. The van der Waals surface area contributed by atoms with E-state index in [4.69, 9.17) is 10.3 Å². The molecule has 3 rings (SSSR count). The highest BCUT2D eigenvalue weighted by Gasteiger charge is 2.13. The van der Waals surface area contributed by atoms with Crippen LogP contribution in [0.3, 0.4) is 0 Å². The van der Waals surface area contributed by atoms with E-state index < -0.39 is 0 Å². The third-order valence-corrected chi connectivity index (χ3v) is 3.68. The molecule has 102 valence electrons. The van der Waals surface area contributed by atoms with Crippen molar-refractivity contribution in [1.82, 2.24) is 15.1 Å². The van der Waals surface area contributed by atoms with Gasteiger partial charge >= 0.3 is 0 Å². The number of thiazole rings is 1. The van der Waals surface area contributed by atoms with Gasteiger partial charge in [0.2, 0.25) is 5.82 Å². The van der Waals surface area contributed by atoms with Crippen LogP contribution in [0, 0.1) is 0 Å². The Hall–Kier alpha value is -2.21. The Morgan fingerprint density at radius 3 is 2.50 bits per heavy atom. The quantitative estimate of drug-likeness (QED) is 0.796. The van der Waals surface area contributed by atoms with Gasteiger partial charge in [-0.3, -0.25) is 0 Å². The van der Waals surface area contributed by atoms with Gasteiger partial charge in [0, 0.05) is 10.9 Å². The Bertz CT molecular complexity index is 715. The molecule has 2 N–H and O–H groups in total. The molecule has 0 radical (unpaired) electrons. The van der Waals surface area contributed by atoms with Gasteiger partial charge in [-0.25, -0.2) is 4.98 Å². The second kappa shape index (κ2) is 5.05. The lowest BCUT2D eigenvalue weighted by Crippen LogP contribution is -1.87. The van der Waals surface area contributed by atoms with E-state index >= 15 is 0 Å². The van der Waals surface area contributed by atoms with Gasteiger partial charge in [-0.1, -0.05) is 43.3 Å². The minimum absolute atomic E-state index is 0.390. The van der Waals surface area contributed by atoms with Crippen molar-refractivity contribution in [2.45, 2.75) is 19.8 Å². The summed E-state index contributed by atoms with van der Waals surface area (Å²) in [4.78, 5) is 8.47. The molecule has 6 heteroatoms. The average Bonchev–Trinajstić information content (AvgIpc) is 3.07. The Labute approximate surface area is 120 Å². The Kier molecular flexibility index (Phi) is 3.23. The number of hydrogen-bond acceptors (Lipinski definition) is 6. The molecule has 0 amide bonds. The predicted octanol–water partition coefficient (Wildman–Crippen LogP) is 3.57. The standard InChI is InChI=1S/C14H14N4OS/c1-8(2)9-3-5-10(6-4-9)12-17-13(19-18-12)11-7-20-14(15)16-11/h3-8H,1-2H3,(H2,15,16). The van der Waals surface area contributed by atoms with E-state index in [-0.39, 0.29) is 0 Å². The Balaban J connectivity index is 1.90. The molecule has 0 atom stereocenters. The van der Waals surface area contributed by atoms with Crippen LogP contribution in [0.15, 0.2) is 34.2 Å². The van der Waals surface area contributed by atoms with Crippen LogP contribution >= 0.6 is 11.3 Å². The van der Waals surface area contributed by atoms with Crippen LogP contribution in [-0.2, 0) is 0 Å². The lowest BCUT2D eigenvalue weighted by Gasteiger charge is -2.04. The summed E-state index contributed by atoms with van der Waals surface area (Å²) < 4.78 is 5.22. The number of hydrogen-bond donors (Lipinski definition) is 1. The first-order valence-corrected chi connectivity index (χ1v) is 7.17. The molecule has 3 aromatic rings. The van der Waals surface area contributed by atoms with Crippen molar-refractivity contribution >= 4 is 16.5 Å². The van der Waals surface area contributed by atoms with Crippen LogP contribution in [-0.4, -0.2) is 15.1 Å². The molecule has 2 heterocycles. The lowest BCUT2D eigenvalue weighted by molar-refractivity contribution is 0.431. The molecular weight excluding hydrogens is 272 g/mol. The van der Waals surface area contributed by atoms with Crippen molar-refractivity contribution in [3.63, 3.8) is 0 Å². The maximum absolute atomic E-state index is 5.60. The first-order valence-electron chi connectivity index (χ1n) is 6.29. The molecule has 0 aliphatic carbocycles. The zero-order valence-corrected chi connectivity index (χ0v) is 12.0. The molecule has 0 spiro atoms. The van der Waals surface area contributed by atoms with Crippen LogP contribution in [0.25, 0.3) is 23.0 Å². The van der Waals surface area contributed by atoms with Gasteiger partial charge in [0.15, 0.2) is 5.13 Å². The van der Waals surface area contributed by atoms with Gasteiger partial charge in [-0.05, 0) is 11.5 Å². The van der Waals surface area contributed by atoms with E-state index in [1.807, 2.05) is 12.1 Å². The zero-order valence-electron chi connectivity index (χ0n) is 11.2. The van der Waals surface area contributed by atoms with Crippen molar-refractivity contribution < 1.29 is 4.52 Å². The SMILES string of the molecule is CC(C)c1ccc(-c2noc(-c3csc(N)n3)n2)cc1. The van der Waals surface area contributed by atoms with Gasteiger partial charge in [-0.15, -0.1) is 11.3 Å². The average molecular weight is 286 g/mol. The molecule has 1 aromatic carbocycles. The molecule has 2 aromatic heterocycles. The molecule has 0 fully saturated rings. The minimum atomic E-state index is 0.390. The number of rotatable bonds is 3. The van der Waals surface area contributed by atoms with Crippen molar-refractivity contribution in [2.24, 2.45) is 0 Å². The number of aromatic nitrogens is 3. The molecule has 0 saturated heterocycles. The summed E-state index contributed by atoms with van der Waals surface area (Å²) in [5, 5.41) is 6.27. The van der Waals surface area contributed by atoms with E-state index in [0.29, 0.717) is 28.5 Å². The van der Waals surface area contributed by atoms with Crippen molar-refractivity contribution in [3.8, 4) is 23.0 Å². The maximum atomic E-state index is 5.60.